The lowest BCUT2D eigenvalue weighted by molar-refractivity contribution is -0.124. The summed E-state index contributed by atoms with van der Waals surface area (Å²) in [7, 11) is 0. The number of carbonyl (C=O) groups excluding carboxylic acids is 2. The van der Waals surface area contributed by atoms with Crippen molar-refractivity contribution in [2.75, 3.05) is 6.61 Å². The van der Waals surface area contributed by atoms with Crippen LogP contribution >= 0.6 is 15.9 Å². The molecule has 1 amide bonds. The monoisotopic (exact) mass is 379 g/mol. The maximum atomic E-state index is 13.0. The van der Waals surface area contributed by atoms with Gasteiger partial charge in [0.15, 0.2) is 6.61 Å². The molecule has 2 aromatic rings. The number of carbonyl (C=O) groups is 2. The largest absolute Gasteiger partial charge is 0.452 e. The zero-order chi connectivity index (χ0) is 16.8. The molecular weight excluding hydrogens is 365 g/mol. The summed E-state index contributed by atoms with van der Waals surface area (Å²) < 4.78 is 18.2. The highest BCUT2D eigenvalue weighted by Gasteiger charge is 2.14. The van der Waals surface area contributed by atoms with Gasteiger partial charge < -0.3 is 10.1 Å². The summed E-state index contributed by atoms with van der Waals surface area (Å²) >= 11 is 3.08. The molecule has 0 radical (unpaired) electrons. The fourth-order valence-electron chi connectivity index (χ4n) is 1.92. The Labute approximate surface area is 141 Å². The first-order valence-electron chi connectivity index (χ1n) is 6.91. The molecule has 0 aromatic heterocycles. The van der Waals surface area contributed by atoms with Crippen LogP contribution in [0.3, 0.4) is 0 Å². The van der Waals surface area contributed by atoms with Crippen LogP contribution in [0.1, 0.15) is 21.5 Å². The Morgan fingerprint density at radius 1 is 1.22 bits per heavy atom. The van der Waals surface area contributed by atoms with E-state index in [9.17, 15) is 14.0 Å². The van der Waals surface area contributed by atoms with Gasteiger partial charge in [-0.2, -0.15) is 0 Å². The third kappa shape index (κ3) is 4.89. The summed E-state index contributed by atoms with van der Waals surface area (Å²) in [5.41, 5.74) is 2.23. The fraction of sp³-hybridized carbons (Fsp3) is 0.176. The molecule has 4 nitrogen and oxygen atoms in total. The lowest BCUT2D eigenvalue weighted by Gasteiger charge is -2.09. The van der Waals surface area contributed by atoms with Crippen molar-refractivity contribution >= 4 is 27.8 Å². The number of halogens is 2. The minimum absolute atomic E-state index is 0.165. The van der Waals surface area contributed by atoms with Gasteiger partial charge in [-0.05, 0) is 52.2 Å². The topological polar surface area (TPSA) is 55.4 Å². The average molecular weight is 380 g/mol. The van der Waals surface area contributed by atoms with Crippen molar-refractivity contribution in [1.29, 1.82) is 0 Å². The van der Waals surface area contributed by atoms with E-state index in [-0.39, 0.29) is 10.0 Å². The lowest BCUT2D eigenvalue weighted by atomic mass is 10.1. The smallest absolute Gasteiger partial charge is 0.339 e. The number of ether oxygens (including phenoxy) is 1. The number of rotatable bonds is 5. The highest BCUT2D eigenvalue weighted by Crippen LogP contribution is 2.18. The molecule has 0 aliphatic rings. The Morgan fingerprint density at radius 2 is 1.96 bits per heavy atom. The molecule has 0 saturated heterocycles. The van der Waals surface area contributed by atoms with Crippen molar-refractivity contribution in [3.8, 4) is 0 Å². The minimum Gasteiger partial charge on any atom is -0.452 e. The summed E-state index contributed by atoms with van der Waals surface area (Å²) in [5.74, 6) is -1.56. The lowest BCUT2D eigenvalue weighted by Crippen LogP contribution is -2.28. The predicted octanol–water partition coefficient (Wildman–Crippen LogP) is 3.37. The van der Waals surface area contributed by atoms with Crippen molar-refractivity contribution in [3.05, 3.63) is 69.4 Å². The molecule has 6 heteroatoms. The number of hydrogen-bond acceptors (Lipinski definition) is 3. The van der Waals surface area contributed by atoms with E-state index in [1.54, 1.807) is 0 Å². The van der Waals surface area contributed by atoms with Crippen molar-refractivity contribution in [2.24, 2.45) is 0 Å². The van der Waals surface area contributed by atoms with Crippen LogP contribution in [0.5, 0.6) is 0 Å². The molecule has 2 aromatic carbocycles. The zero-order valence-electron chi connectivity index (χ0n) is 12.4. The van der Waals surface area contributed by atoms with Gasteiger partial charge in [0, 0.05) is 11.0 Å². The van der Waals surface area contributed by atoms with Crippen LogP contribution in [0.2, 0.25) is 0 Å². The van der Waals surface area contributed by atoms with Crippen molar-refractivity contribution in [2.45, 2.75) is 13.5 Å². The molecular formula is C17H15BrFNO3. The first-order valence-corrected chi connectivity index (χ1v) is 7.70. The molecule has 0 saturated carbocycles. The molecule has 0 heterocycles. The number of aryl methyl sites for hydroxylation is 1. The molecule has 0 bridgehead atoms. The van der Waals surface area contributed by atoms with E-state index in [4.69, 9.17) is 4.74 Å². The fourth-order valence-corrected chi connectivity index (χ4v) is 2.43. The maximum Gasteiger partial charge on any atom is 0.339 e. The van der Waals surface area contributed by atoms with Crippen LogP contribution < -0.4 is 5.32 Å². The highest BCUT2D eigenvalue weighted by molar-refractivity contribution is 9.10. The molecule has 120 valence electrons. The van der Waals surface area contributed by atoms with Gasteiger partial charge in [-0.15, -0.1) is 0 Å². The summed E-state index contributed by atoms with van der Waals surface area (Å²) in [4.78, 5) is 23.6. The third-order valence-corrected chi connectivity index (χ3v) is 3.88. The van der Waals surface area contributed by atoms with Gasteiger partial charge in [0.2, 0.25) is 0 Å². The van der Waals surface area contributed by atoms with E-state index >= 15 is 0 Å². The Hall–Kier alpha value is -2.21. The van der Waals surface area contributed by atoms with Gasteiger partial charge in [0.05, 0.1) is 5.56 Å². The van der Waals surface area contributed by atoms with E-state index in [1.165, 1.54) is 6.07 Å². The van der Waals surface area contributed by atoms with Crippen molar-refractivity contribution < 1.29 is 18.7 Å². The zero-order valence-corrected chi connectivity index (χ0v) is 14.0. The van der Waals surface area contributed by atoms with Crippen LogP contribution in [-0.2, 0) is 16.1 Å². The minimum atomic E-state index is -0.692. The van der Waals surface area contributed by atoms with Crippen molar-refractivity contribution in [1.82, 2.24) is 5.32 Å². The number of benzene rings is 2. The first kappa shape index (κ1) is 17.1. The Bertz CT molecular complexity index is 734. The quantitative estimate of drug-likeness (QED) is 0.810. The summed E-state index contributed by atoms with van der Waals surface area (Å²) in [6, 6.07) is 11.3. The first-order chi connectivity index (χ1) is 11.0. The normalized spacial score (nSPS) is 10.2. The van der Waals surface area contributed by atoms with Crippen LogP contribution in [0.15, 0.2) is 46.9 Å². The Morgan fingerprint density at radius 3 is 2.65 bits per heavy atom. The van der Waals surface area contributed by atoms with E-state index in [2.05, 4.69) is 21.2 Å². The number of esters is 1. The van der Waals surface area contributed by atoms with Gasteiger partial charge in [-0.25, -0.2) is 9.18 Å². The summed E-state index contributed by atoms with van der Waals surface area (Å²) in [5, 5.41) is 2.68. The van der Waals surface area contributed by atoms with Gasteiger partial charge in [-0.3, -0.25) is 4.79 Å². The molecule has 1 N–H and O–H groups in total. The Kier molecular flexibility index (Phi) is 5.87. The molecule has 0 aliphatic carbocycles. The predicted molar refractivity (Wildman–Crippen MR) is 87.4 cm³/mol. The number of hydrogen-bond donors (Lipinski definition) is 1. The second-order valence-corrected chi connectivity index (χ2v) is 5.76. The third-order valence-electron chi connectivity index (χ3n) is 3.22. The maximum absolute atomic E-state index is 13.0. The number of nitrogens with one attached hydrogen (secondary N) is 1. The molecule has 0 atom stereocenters. The molecule has 2 rings (SSSR count). The average Bonchev–Trinajstić information content (AvgIpc) is 2.52. The molecule has 23 heavy (non-hydrogen) atoms. The van der Waals surface area contributed by atoms with E-state index in [0.717, 1.165) is 23.3 Å². The standard InChI is InChI=1S/C17H15BrFNO3/c1-11-4-2-3-5-12(11)9-20-16(21)10-23-17(22)14-7-6-13(19)8-15(14)18/h2-8H,9-10H2,1H3,(H,20,21). The van der Waals surface area contributed by atoms with Gasteiger partial charge in [-0.1, -0.05) is 24.3 Å². The summed E-state index contributed by atoms with van der Waals surface area (Å²) in [6.45, 7) is 1.92. The highest BCUT2D eigenvalue weighted by atomic mass is 79.9. The second kappa shape index (κ2) is 7.87. The molecule has 0 unspecified atom stereocenters. The molecule has 0 spiro atoms. The van der Waals surface area contributed by atoms with Gasteiger partial charge in [0.25, 0.3) is 5.91 Å². The van der Waals surface area contributed by atoms with Crippen LogP contribution in [0.25, 0.3) is 0 Å². The van der Waals surface area contributed by atoms with Crippen molar-refractivity contribution in [3.63, 3.8) is 0 Å². The van der Waals surface area contributed by atoms with Crippen LogP contribution in [0.4, 0.5) is 4.39 Å². The molecule has 0 fully saturated rings. The Balaban J connectivity index is 1.84. The van der Waals surface area contributed by atoms with Crippen LogP contribution in [0, 0.1) is 12.7 Å². The second-order valence-electron chi connectivity index (χ2n) is 4.90. The summed E-state index contributed by atoms with van der Waals surface area (Å²) in [6.07, 6.45) is 0. The van der Waals surface area contributed by atoms with E-state index < -0.39 is 24.3 Å². The van der Waals surface area contributed by atoms with E-state index in [0.29, 0.717) is 6.54 Å². The SMILES string of the molecule is Cc1ccccc1CNC(=O)COC(=O)c1ccc(F)cc1Br. The number of amides is 1. The molecule has 0 aliphatic heterocycles. The van der Waals surface area contributed by atoms with Gasteiger partial charge >= 0.3 is 5.97 Å². The van der Waals surface area contributed by atoms with E-state index in [1.807, 2.05) is 31.2 Å². The van der Waals surface area contributed by atoms with Crippen LogP contribution in [-0.4, -0.2) is 18.5 Å². The van der Waals surface area contributed by atoms with Gasteiger partial charge in [0.1, 0.15) is 5.82 Å².